The van der Waals surface area contributed by atoms with Crippen molar-refractivity contribution in [1.82, 2.24) is 9.29 Å². The van der Waals surface area contributed by atoms with E-state index in [0.717, 1.165) is 10.6 Å². The molecule has 0 fully saturated rings. The van der Waals surface area contributed by atoms with E-state index in [0.29, 0.717) is 23.1 Å². The van der Waals surface area contributed by atoms with Crippen LogP contribution in [-0.4, -0.2) is 37.0 Å². The second-order valence-corrected chi connectivity index (χ2v) is 8.74. The van der Waals surface area contributed by atoms with Crippen molar-refractivity contribution in [3.05, 3.63) is 39.9 Å². The minimum absolute atomic E-state index is 0.165. The minimum Gasteiger partial charge on any atom is -0.450 e. The van der Waals surface area contributed by atoms with E-state index >= 15 is 0 Å². The van der Waals surface area contributed by atoms with Crippen molar-refractivity contribution in [3.63, 3.8) is 0 Å². The highest BCUT2D eigenvalue weighted by molar-refractivity contribution is 7.89. The first-order valence-electron chi connectivity index (χ1n) is 7.58. The molecule has 0 spiro atoms. The van der Waals surface area contributed by atoms with Gasteiger partial charge < -0.3 is 4.74 Å². The Morgan fingerprint density at radius 2 is 2.28 bits per heavy atom. The normalized spacial score (nSPS) is 14.8. The second-order valence-electron chi connectivity index (χ2n) is 5.28. The fourth-order valence-electron chi connectivity index (χ4n) is 2.46. The lowest BCUT2D eigenvalue weighted by molar-refractivity contribution is 0.168. The molecular weight excluding hydrogens is 386 g/mol. The third kappa shape index (κ3) is 3.95. The largest absolute Gasteiger partial charge is 0.450 e. The first kappa shape index (κ1) is 18.1. The molecule has 0 atom stereocenters. The number of nitrogens with one attached hydrogen (secondary N) is 1. The van der Waals surface area contributed by atoms with Gasteiger partial charge in [-0.2, -0.15) is 4.31 Å². The summed E-state index contributed by atoms with van der Waals surface area (Å²) in [6.45, 7) is 2.52. The first-order valence-corrected chi connectivity index (χ1v) is 10.2. The predicted molar refractivity (Wildman–Crippen MR) is 95.5 cm³/mol. The van der Waals surface area contributed by atoms with Gasteiger partial charge in [0, 0.05) is 22.9 Å². The predicted octanol–water partition coefficient (Wildman–Crippen LogP) is 3.11. The summed E-state index contributed by atoms with van der Waals surface area (Å²) in [5.41, 5.74) is 0.800. The van der Waals surface area contributed by atoms with Gasteiger partial charge in [-0.25, -0.2) is 18.2 Å². The number of ether oxygens (including phenoxy) is 1. The lowest BCUT2D eigenvalue weighted by Gasteiger charge is -2.25. The topological polar surface area (TPSA) is 88.6 Å². The van der Waals surface area contributed by atoms with Crippen LogP contribution in [0.1, 0.15) is 17.5 Å². The van der Waals surface area contributed by atoms with Crippen LogP contribution in [0.4, 0.5) is 9.93 Å². The lowest BCUT2D eigenvalue weighted by Crippen LogP contribution is -2.35. The Morgan fingerprint density at radius 3 is 3.00 bits per heavy atom. The third-order valence-corrected chi connectivity index (χ3v) is 6.69. The zero-order valence-electron chi connectivity index (χ0n) is 13.4. The van der Waals surface area contributed by atoms with E-state index in [4.69, 9.17) is 16.3 Å². The number of thiazole rings is 1. The molecule has 2 aromatic rings. The van der Waals surface area contributed by atoms with Crippen LogP contribution in [0.25, 0.3) is 0 Å². The number of fused-ring (bicyclic) bond motifs is 1. The Morgan fingerprint density at radius 1 is 1.48 bits per heavy atom. The van der Waals surface area contributed by atoms with Crippen molar-refractivity contribution >= 4 is 44.2 Å². The van der Waals surface area contributed by atoms with Crippen LogP contribution in [0.15, 0.2) is 29.2 Å². The Hall–Kier alpha value is -1.68. The quantitative estimate of drug-likeness (QED) is 0.850. The average molecular weight is 402 g/mol. The number of carbonyl (C=O) groups excluding carboxylic acids is 1. The number of carbonyl (C=O) groups is 1. The molecule has 1 N–H and O–H groups in total. The van der Waals surface area contributed by atoms with Gasteiger partial charge >= 0.3 is 6.09 Å². The van der Waals surface area contributed by atoms with Gasteiger partial charge in [-0.15, -0.1) is 0 Å². The van der Waals surface area contributed by atoms with Crippen molar-refractivity contribution in [3.8, 4) is 0 Å². The molecule has 1 aliphatic heterocycles. The molecule has 1 aliphatic rings. The van der Waals surface area contributed by atoms with Crippen LogP contribution in [0, 0.1) is 0 Å². The van der Waals surface area contributed by atoms with Crippen molar-refractivity contribution < 1.29 is 17.9 Å². The number of halogens is 1. The summed E-state index contributed by atoms with van der Waals surface area (Å²) in [7, 11) is -3.63. The molecule has 1 aromatic heterocycles. The monoisotopic (exact) mass is 401 g/mol. The number of hydrogen-bond donors (Lipinski definition) is 1. The highest BCUT2D eigenvalue weighted by Crippen LogP contribution is 2.31. The minimum atomic E-state index is -3.63. The number of sulfonamides is 1. The molecule has 1 amide bonds. The molecule has 0 aliphatic carbocycles. The van der Waals surface area contributed by atoms with E-state index in [1.807, 2.05) is 0 Å². The van der Waals surface area contributed by atoms with Crippen LogP contribution >= 0.6 is 22.9 Å². The second kappa shape index (κ2) is 7.28. The molecule has 25 heavy (non-hydrogen) atoms. The van der Waals surface area contributed by atoms with Crippen molar-refractivity contribution in [1.29, 1.82) is 0 Å². The van der Waals surface area contributed by atoms with Crippen LogP contribution < -0.4 is 5.32 Å². The summed E-state index contributed by atoms with van der Waals surface area (Å²) < 4.78 is 31.8. The van der Waals surface area contributed by atoms with Gasteiger partial charge in [-0.1, -0.05) is 29.0 Å². The first-order chi connectivity index (χ1) is 11.9. The van der Waals surface area contributed by atoms with Crippen LogP contribution in [0.3, 0.4) is 0 Å². The van der Waals surface area contributed by atoms with Gasteiger partial charge in [0.15, 0.2) is 5.13 Å². The number of nitrogens with zero attached hydrogens (tertiary/aromatic N) is 2. The molecule has 2 heterocycles. The number of aromatic nitrogens is 1. The fourth-order valence-corrected chi connectivity index (χ4v) is 5.26. The SMILES string of the molecule is CCOC(=O)Nc1nc2c(s1)CN(S(=O)(=O)c1cccc(Cl)c1)CC2. The number of hydrogen-bond acceptors (Lipinski definition) is 6. The lowest BCUT2D eigenvalue weighted by atomic mass is 10.2. The summed E-state index contributed by atoms with van der Waals surface area (Å²) in [6, 6.07) is 6.20. The summed E-state index contributed by atoms with van der Waals surface area (Å²) >= 11 is 7.16. The highest BCUT2D eigenvalue weighted by atomic mass is 35.5. The fraction of sp³-hybridized carbons (Fsp3) is 0.333. The van der Waals surface area contributed by atoms with Gasteiger partial charge in [0.25, 0.3) is 0 Å². The Labute approximate surface area is 154 Å². The maximum atomic E-state index is 12.8. The molecule has 3 rings (SSSR count). The van der Waals surface area contributed by atoms with E-state index in [1.54, 1.807) is 19.1 Å². The van der Waals surface area contributed by atoms with Gasteiger partial charge in [-0.05, 0) is 25.1 Å². The molecular formula is C15H16ClN3O4S2. The summed E-state index contributed by atoms with van der Waals surface area (Å²) in [6.07, 6.45) is -0.0899. The number of amides is 1. The molecule has 0 saturated carbocycles. The van der Waals surface area contributed by atoms with Crippen molar-refractivity contribution in [2.45, 2.75) is 24.8 Å². The van der Waals surface area contributed by atoms with E-state index in [9.17, 15) is 13.2 Å². The van der Waals surface area contributed by atoms with Crippen molar-refractivity contribution in [2.75, 3.05) is 18.5 Å². The average Bonchev–Trinajstić information content (AvgIpc) is 2.96. The summed E-state index contributed by atoms with van der Waals surface area (Å²) in [5, 5.41) is 3.33. The van der Waals surface area contributed by atoms with E-state index in [-0.39, 0.29) is 18.0 Å². The number of rotatable bonds is 4. The van der Waals surface area contributed by atoms with Crippen molar-refractivity contribution in [2.24, 2.45) is 0 Å². The van der Waals surface area contributed by atoms with Gasteiger partial charge in [-0.3, -0.25) is 5.32 Å². The molecule has 7 nitrogen and oxygen atoms in total. The molecule has 1 aromatic carbocycles. The molecule has 0 saturated heterocycles. The van der Waals surface area contributed by atoms with E-state index in [1.165, 1.54) is 27.8 Å². The van der Waals surface area contributed by atoms with Gasteiger partial charge in [0.2, 0.25) is 10.0 Å². The molecule has 10 heteroatoms. The van der Waals surface area contributed by atoms with E-state index in [2.05, 4.69) is 10.3 Å². The maximum absolute atomic E-state index is 12.8. The summed E-state index contributed by atoms with van der Waals surface area (Å²) in [5.74, 6) is 0. The van der Waals surface area contributed by atoms with Gasteiger partial charge in [0.05, 0.1) is 23.7 Å². The zero-order chi connectivity index (χ0) is 18.0. The van der Waals surface area contributed by atoms with E-state index < -0.39 is 16.1 Å². The molecule has 0 radical (unpaired) electrons. The standard InChI is InChI=1S/C15H16ClN3O4S2/c1-2-23-15(20)18-14-17-12-6-7-19(9-13(12)24-14)25(21,22)11-5-3-4-10(16)8-11/h3-5,8H,2,6-7,9H2,1H3,(H,17,18,20). The van der Waals surface area contributed by atoms with Crippen LogP contribution in [-0.2, 0) is 27.7 Å². The van der Waals surface area contributed by atoms with Crippen LogP contribution in [0.5, 0.6) is 0 Å². The van der Waals surface area contributed by atoms with Gasteiger partial charge in [0.1, 0.15) is 0 Å². The molecule has 0 unspecified atom stereocenters. The third-order valence-electron chi connectivity index (χ3n) is 3.61. The van der Waals surface area contributed by atoms with Crippen LogP contribution in [0.2, 0.25) is 5.02 Å². The highest BCUT2D eigenvalue weighted by Gasteiger charge is 2.30. The smallest absolute Gasteiger partial charge is 0.413 e. The number of benzene rings is 1. The Kier molecular flexibility index (Phi) is 5.28. The summed E-state index contributed by atoms with van der Waals surface area (Å²) in [4.78, 5) is 16.8. The Bertz CT molecular complexity index is 898. The molecule has 134 valence electrons. The maximum Gasteiger partial charge on any atom is 0.413 e. The zero-order valence-corrected chi connectivity index (χ0v) is 15.7. The number of anilines is 1. The Balaban J connectivity index is 1.79. The molecule has 0 bridgehead atoms.